The molecule has 0 bridgehead atoms. The third-order valence-corrected chi connectivity index (χ3v) is 4.09. The van der Waals surface area contributed by atoms with Gasteiger partial charge in [0.1, 0.15) is 5.75 Å². The minimum atomic E-state index is -0.788. The number of halogens is 1. The van der Waals surface area contributed by atoms with Crippen LogP contribution in [0.15, 0.2) is 12.1 Å². The number of ether oxygens (including phenoxy) is 1. The first-order valence-electron chi connectivity index (χ1n) is 6.23. The normalized spacial score (nSPS) is 18.3. The lowest BCUT2D eigenvalue weighted by atomic mass is 9.85. The third-order valence-electron chi connectivity index (χ3n) is 3.77. The molecule has 1 aromatic carbocycles. The summed E-state index contributed by atoms with van der Waals surface area (Å²) in [4.78, 5) is 14.7. The third kappa shape index (κ3) is 1.78. The number of fused-ring (bicyclic) bond motifs is 3. The molecule has 2 N–H and O–H groups in total. The summed E-state index contributed by atoms with van der Waals surface area (Å²) < 4.78 is 5.36. The van der Waals surface area contributed by atoms with E-state index in [1.807, 2.05) is 0 Å². The standard InChI is InChI=1S/C14H14ClNO3/c1-19-10-6-5-8(15)13-12(10)11-7(14(17)18)3-2-4-9(11)16-13/h5-7,16H,2-4H2,1H3,(H,17,18). The van der Waals surface area contributed by atoms with Crippen LogP contribution in [-0.4, -0.2) is 23.2 Å². The van der Waals surface area contributed by atoms with E-state index < -0.39 is 11.9 Å². The monoisotopic (exact) mass is 279 g/mol. The Kier molecular flexibility index (Phi) is 2.90. The van der Waals surface area contributed by atoms with Gasteiger partial charge in [0.05, 0.1) is 23.6 Å². The van der Waals surface area contributed by atoms with Crippen LogP contribution >= 0.6 is 11.6 Å². The van der Waals surface area contributed by atoms with Crippen molar-refractivity contribution in [2.75, 3.05) is 7.11 Å². The van der Waals surface area contributed by atoms with Crippen molar-refractivity contribution in [3.8, 4) is 5.75 Å². The van der Waals surface area contributed by atoms with Crippen LogP contribution in [0.4, 0.5) is 0 Å². The summed E-state index contributed by atoms with van der Waals surface area (Å²) in [5.41, 5.74) is 2.59. The van der Waals surface area contributed by atoms with Crippen molar-refractivity contribution in [3.05, 3.63) is 28.4 Å². The quantitative estimate of drug-likeness (QED) is 0.886. The van der Waals surface area contributed by atoms with Crippen molar-refractivity contribution < 1.29 is 14.6 Å². The van der Waals surface area contributed by atoms with Gasteiger partial charge in [-0.1, -0.05) is 11.6 Å². The van der Waals surface area contributed by atoms with Crippen molar-refractivity contribution in [2.45, 2.75) is 25.2 Å². The van der Waals surface area contributed by atoms with Gasteiger partial charge in [-0.15, -0.1) is 0 Å². The first-order chi connectivity index (χ1) is 9.13. The highest BCUT2D eigenvalue weighted by Gasteiger charge is 2.31. The van der Waals surface area contributed by atoms with E-state index in [1.165, 1.54) is 0 Å². The molecular formula is C14H14ClNO3. The van der Waals surface area contributed by atoms with Gasteiger partial charge in [0.2, 0.25) is 0 Å². The minimum Gasteiger partial charge on any atom is -0.496 e. The van der Waals surface area contributed by atoms with Crippen LogP contribution in [0.5, 0.6) is 5.75 Å². The number of aliphatic carboxylic acids is 1. The molecule has 1 atom stereocenters. The Bertz CT molecular complexity index is 662. The second-order valence-electron chi connectivity index (χ2n) is 4.80. The molecule has 0 radical (unpaired) electrons. The summed E-state index contributed by atoms with van der Waals surface area (Å²) in [6.45, 7) is 0. The number of rotatable bonds is 2. The summed E-state index contributed by atoms with van der Waals surface area (Å²) in [5.74, 6) is -0.598. The summed E-state index contributed by atoms with van der Waals surface area (Å²) >= 11 is 6.20. The number of aromatic nitrogens is 1. The number of aromatic amines is 1. The number of carboxylic acid groups (broad SMARTS) is 1. The molecule has 0 amide bonds. The molecule has 0 saturated heterocycles. The molecule has 0 fully saturated rings. The van der Waals surface area contributed by atoms with Gasteiger partial charge in [0.25, 0.3) is 0 Å². The molecule has 5 heteroatoms. The van der Waals surface area contributed by atoms with Gasteiger partial charge in [-0.2, -0.15) is 0 Å². The number of hydrogen-bond donors (Lipinski definition) is 2. The Morgan fingerprint density at radius 3 is 3.00 bits per heavy atom. The van der Waals surface area contributed by atoms with Crippen LogP contribution in [0.25, 0.3) is 10.9 Å². The van der Waals surface area contributed by atoms with E-state index in [1.54, 1.807) is 19.2 Å². The largest absolute Gasteiger partial charge is 0.496 e. The van der Waals surface area contributed by atoms with Gasteiger partial charge in [-0.05, 0) is 37.0 Å². The molecule has 100 valence electrons. The topological polar surface area (TPSA) is 62.3 Å². The molecule has 1 unspecified atom stereocenters. The number of carboxylic acids is 1. The van der Waals surface area contributed by atoms with E-state index in [0.29, 0.717) is 17.2 Å². The van der Waals surface area contributed by atoms with Crippen molar-refractivity contribution in [2.24, 2.45) is 0 Å². The molecule has 2 aromatic rings. The van der Waals surface area contributed by atoms with Crippen molar-refractivity contribution in [3.63, 3.8) is 0 Å². The highest BCUT2D eigenvalue weighted by molar-refractivity contribution is 6.35. The summed E-state index contributed by atoms with van der Waals surface area (Å²) in [5, 5.41) is 10.8. The molecule has 19 heavy (non-hydrogen) atoms. The second-order valence-corrected chi connectivity index (χ2v) is 5.21. The molecule has 1 heterocycles. The Labute approximate surface area is 115 Å². The Morgan fingerprint density at radius 2 is 2.32 bits per heavy atom. The van der Waals surface area contributed by atoms with E-state index in [9.17, 15) is 9.90 Å². The maximum atomic E-state index is 11.5. The molecular weight excluding hydrogens is 266 g/mol. The predicted molar refractivity (Wildman–Crippen MR) is 73.2 cm³/mol. The molecule has 1 aliphatic rings. The fourth-order valence-electron chi connectivity index (χ4n) is 2.94. The van der Waals surface area contributed by atoms with Crippen LogP contribution in [0.3, 0.4) is 0 Å². The van der Waals surface area contributed by atoms with Gasteiger partial charge < -0.3 is 14.8 Å². The van der Waals surface area contributed by atoms with Crippen LogP contribution in [-0.2, 0) is 11.2 Å². The molecule has 4 nitrogen and oxygen atoms in total. The molecule has 1 aliphatic carbocycles. The van der Waals surface area contributed by atoms with Gasteiger partial charge in [-0.25, -0.2) is 0 Å². The fourth-order valence-corrected chi connectivity index (χ4v) is 3.15. The molecule has 3 rings (SSSR count). The van der Waals surface area contributed by atoms with Gasteiger partial charge >= 0.3 is 5.97 Å². The molecule has 0 saturated carbocycles. The van der Waals surface area contributed by atoms with E-state index in [-0.39, 0.29) is 0 Å². The summed E-state index contributed by atoms with van der Waals surface area (Å²) in [6.07, 6.45) is 2.38. The van der Waals surface area contributed by atoms with Crippen molar-refractivity contribution in [1.82, 2.24) is 4.98 Å². The highest BCUT2D eigenvalue weighted by Crippen LogP contribution is 2.43. The first kappa shape index (κ1) is 12.4. The number of benzene rings is 1. The lowest BCUT2D eigenvalue weighted by molar-refractivity contribution is -0.139. The Hall–Kier alpha value is -1.68. The number of hydrogen-bond acceptors (Lipinski definition) is 2. The maximum absolute atomic E-state index is 11.5. The van der Waals surface area contributed by atoms with Gasteiger partial charge in [-0.3, -0.25) is 4.79 Å². The lowest BCUT2D eigenvalue weighted by Crippen LogP contribution is -2.17. The number of H-pyrrole nitrogens is 1. The van der Waals surface area contributed by atoms with Crippen LogP contribution in [0.1, 0.15) is 30.0 Å². The Balaban J connectivity index is 2.36. The highest BCUT2D eigenvalue weighted by atomic mass is 35.5. The van der Waals surface area contributed by atoms with E-state index in [2.05, 4.69) is 4.98 Å². The minimum absolute atomic E-state index is 0.482. The zero-order chi connectivity index (χ0) is 13.6. The predicted octanol–water partition coefficient (Wildman–Crippen LogP) is 3.33. The smallest absolute Gasteiger partial charge is 0.311 e. The van der Waals surface area contributed by atoms with Gasteiger partial charge in [0, 0.05) is 11.1 Å². The number of nitrogens with one attached hydrogen (secondary N) is 1. The van der Waals surface area contributed by atoms with E-state index in [0.717, 1.165) is 35.0 Å². The van der Waals surface area contributed by atoms with Gasteiger partial charge in [0.15, 0.2) is 0 Å². The number of aryl methyl sites for hydroxylation is 1. The maximum Gasteiger partial charge on any atom is 0.311 e. The fraction of sp³-hybridized carbons (Fsp3) is 0.357. The van der Waals surface area contributed by atoms with Crippen LogP contribution in [0, 0.1) is 0 Å². The molecule has 0 spiro atoms. The average molecular weight is 280 g/mol. The van der Waals surface area contributed by atoms with E-state index >= 15 is 0 Å². The zero-order valence-corrected chi connectivity index (χ0v) is 11.3. The van der Waals surface area contributed by atoms with Crippen LogP contribution in [0.2, 0.25) is 5.02 Å². The second kappa shape index (κ2) is 4.46. The lowest BCUT2D eigenvalue weighted by Gasteiger charge is -2.19. The number of carbonyl (C=O) groups is 1. The first-order valence-corrected chi connectivity index (χ1v) is 6.61. The number of methoxy groups -OCH3 is 1. The summed E-state index contributed by atoms with van der Waals surface area (Å²) in [7, 11) is 1.58. The van der Waals surface area contributed by atoms with Crippen LogP contribution < -0.4 is 4.74 Å². The van der Waals surface area contributed by atoms with E-state index in [4.69, 9.17) is 16.3 Å². The molecule has 0 aliphatic heterocycles. The van der Waals surface area contributed by atoms with Crippen molar-refractivity contribution in [1.29, 1.82) is 0 Å². The molecule has 1 aromatic heterocycles. The SMILES string of the molecule is COc1ccc(Cl)c2[nH]c3c(c12)C(C(=O)O)CCC3. The average Bonchev–Trinajstić information content (AvgIpc) is 2.79. The van der Waals surface area contributed by atoms with Crippen molar-refractivity contribution >= 4 is 28.5 Å². The zero-order valence-electron chi connectivity index (χ0n) is 10.5. The Morgan fingerprint density at radius 1 is 1.53 bits per heavy atom. The summed E-state index contributed by atoms with van der Waals surface area (Å²) in [6, 6.07) is 3.55.